The van der Waals surface area contributed by atoms with E-state index in [0.29, 0.717) is 25.2 Å². The lowest BCUT2D eigenvalue weighted by molar-refractivity contribution is -0.151. The summed E-state index contributed by atoms with van der Waals surface area (Å²) in [6.07, 6.45) is 3.61. The van der Waals surface area contributed by atoms with E-state index in [1.54, 1.807) is 0 Å². The van der Waals surface area contributed by atoms with Gasteiger partial charge in [0.2, 0.25) is 0 Å². The van der Waals surface area contributed by atoms with Crippen molar-refractivity contribution in [2.24, 2.45) is 0 Å². The normalized spacial score (nSPS) is 34.5. The number of esters is 1. The van der Waals surface area contributed by atoms with Crippen LogP contribution in [0.1, 0.15) is 19.3 Å². The third-order valence-corrected chi connectivity index (χ3v) is 3.30. The van der Waals surface area contributed by atoms with Crippen molar-refractivity contribution >= 4 is 5.97 Å². The van der Waals surface area contributed by atoms with Crippen LogP contribution < -0.4 is 5.32 Å². The number of hydrogen-bond donors (Lipinski definition) is 1. The number of hydrogen-bond acceptors (Lipinski definition) is 4. The van der Waals surface area contributed by atoms with Gasteiger partial charge in [-0.15, -0.1) is 0 Å². The highest BCUT2D eigenvalue weighted by molar-refractivity contribution is 5.72. The minimum absolute atomic E-state index is 0.0656. The van der Waals surface area contributed by atoms with Gasteiger partial charge in [0.05, 0.1) is 6.54 Å². The predicted octanol–water partition coefficient (Wildman–Crippen LogP) is -0.0143. The molecule has 80 valence electrons. The van der Waals surface area contributed by atoms with Crippen LogP contribution in [0.25, 0.3) is 0 Å². The van der Waals surface area contributed by atoms with Gasteiger partial charge in [0.15, 0.2) is 0 Å². The van der Waals surface area contributed by atoms with E-state index in [4.69, 9.17) is 4.74 Å². The zero-order chi connectivity index (χ0) is 9.97. The number of nitrogens with one attached hydrogen (secondary N) is 1. The minimum atomic E-state index is -0.0656. The van der Waals surface area contributed by atoms with Crippen molar-refractivity contribution in [2.45, 2.75) is 31.3 Å². The standard InChI is InChI=1S/C10H18N2O2/c1-11-8-2-3-9(6-8)12-4-5-14-10(13)7-12/h8-9,11H,2-7H2,1H3. The van der Waals surface area contributed by atoms with Gasteiger partial charge in [0.25, 0.3) is 0 Å². The number of carbonyl (C=O) groups excluding carboxylic acids is 1. The molecule has 4 nitrogen and oxygen atoms in total. The summed E-state index contributed by atoms with van der Waals surface area (Å²) in [5.41, 5.74) is 0. The lowest BCUT2D eigenvalue weighted by atomic mass is 10.2. The molecule has 1 aliphatic heterocycles. The highest BCUT2D eigenvalue weighted by atomic mass is 16.5. The first-order valence-corrected chi connectivity index (χ1v) is 5.36. The zero-order valence-electron chi connectivity index (χ0n) is 8.66. The van der Waals surface area contributed by atoms with Crippen molar-refractivity contribution in [3.8, 4) is 0 Å². The van der Waals surface area contributed by atoms with E-state index in [9.17, 15) is 4.79 Å². The highest BCUT2D eigenvalue weighted by Gasteiger charge is 2.31. The maximum Gasteiger partial charge on any atom is 0.320 e. The van der Waals surface area contributed by atoms with Crippen LogP contribution in [0.2, 0.25) is 0 Å². The van der Waals surface area contributed by atoms with Crippen LogP contribution >= 0.6 is 0 Å². The second kappa shape index (κ2) is 4.28. The Morgan fingerprint density at radius 3 is 3.00 bits per heavy atom. The summed E-state index contributed by atoms with van der Waals surface area (Å²) in [5.74, 6) is -0.0656. The number of rotatable bonds is 2. The molecule has 0 radical (unpaired) electrons. The van der Waals surface area contributed by atoms with E-state index in [-0.39, 0.29) is 5.97 Å². The van der Waals surface area contributed by atoms with E-state index in [1.165, 1.54) is 19.3 Å². The molecule has 4 heteroatoms. The minimum Gasteiger partial charge on any atom is -0.463 e. The van der Waals surface area contributed by atoms with E-state index in [1.807, 2.05) is 7.05 Å². The average Bonchev–Trinajstić information content (AvgIpc) is 2.66. The lowest BCUT2D eigenvalue weighted by Gasteiger charge is -2.31. The Morgan fingerprint density at radius 2 is 2.36 bits per heavy atom. The summed E-state index contributed by atoms with van der Waals surface area (Å²) in [7, 11) is 2.01. The lowest BCUT2D eigenvalue weighted by Crippen LogP contribution is -2.45. The number of nitrogens with zero attached hydrogens (tertiary/aromatic N) is 1. The van der Waals surface area contributed by atoms with Crippen molar-refractivity contribution in [1.82, 2.24) is 10.2 Å². The molecule has 1 saturated carbocycles. The summed E-state index contributed by atoms with van der Waals surface area (Å²) < 4.78 is 4.92. The zero-order valence-corrected chi connectivity index (χ0v) is 8.66. The Bertz CT molecular complexity index is 220. The molecule has 0 aromatic carbocycles. The Labute approximate surface area is 84.6 Å². The van der Waals surface area contributed by atoms with Gasteiger partial charge in [-0.1, -0.05) is 0 Å². The molecule has 1 saturated heterocycles. The first kappa shape index (κ1) is 9.93. The van der Waals surface area contributed by atoms with E-state index >= 15 is 0 Å². The van der Waals surface area contributed by atoms with Gasteiger partial charge in [-0.25, -0.2) is 0 Å². The fraction of sp³-hybridized carbons (Fsp3) is 0.900. The van der Waals surface area contributed by atoms with Crippen LogP contribution in [0.3, 0.4) is 0 Å². The molecule has 0 bridgehead atoms. The molecule has 0 aromatic rings. The number of cyclic esters (lactones) is 1. The number of morpholine rings is 1. The Hall–Kier alpha value is -0.610. The van der Waals surface area contributed by atoms with Crippen LogP contribution in [0.5, 0.6) is 0 Å². The Balaban J connectivity index is 1.86. The second-order valence-electron chi connectivity index (χ2n) is 4.14. The van der Waals surface area contributed by atoms with Gasteiger partial charge in [0, 0.05) is 18.6 Å². The molecule has 2 rings (SSSR count). The molecule has 14 heavy (non-hydrogen) atoms. The van der Waals surface area contributed by atoms with Gasteiger partial charge >= 0.3 is 5.97 Å². The van der Waals surface area contributed by atoms with Crippen molar-refractivity contribution in [3.05, 3.63) is 0 Å². The highest BCUT2D eigenvalue weighted by Crippen LogP contribution is 2.24. The van der Waals surface area contributed by atoms with E-state index in [2.05, 4.69) is 10.2 Å². The van der Waals surface area contributed by atoms with E-state index in [0.717, 1.165) is 6.54 Å². The monoisotopic (exact) mass is 198 g/mol. The largest absolute Gasteiger partial charge is 0.463 e. The van der Waals surface area contributed by atoms with Crippen molar-refractivity contribution in [1.29, 1.82) is 0 Å². The summed E-state index contributed by atoms with van der Waals surface area (Å²) in [5, 5.41) is 3.30. The average molecular weight is 198 g/mol. The van der Waals surface area contributed by atoms with Crippen molar-refractivity contribution < 1.29 is 9.53 Å². The molecule has 0 aromatic heterocycles. The first-order valence-electron chi connectivity index (χ1n) is 5.36. The topological polar surface area (TPSA) is 41.6 Å². The van der Waals surface area contributed by atoms with Crippen molar-refractivity contribution in [2.75, 3.05) is 26.7 Å². The van der Waals surface area contributed by atoms with Crippen LogP contribution in [-0.2, 0) is 9.53 Å². The molecule has 2 fully saturated rings. The molecule has 0 spiro atoms. The molecule has 1 heterocycles. The third kappa shape index (κ3) is 2.07. The maximum absolute atomic E-state index is 11.1. The SMILES string of the molecule is CNC1CCC(N2CCOC(=O)C2)C1. The van der Waals surface area contributed by atoms with Crippen LogP contribution in [0, 0.1) is 0 Å². The van der Waals surface area contributed by atoms with Crippen LogP contribution in [0.15, 0.2) is 0 Å². The molecule has 2 atom stereocenters. The fourth-order valence-corrected chi connectivity index (χ4v) is 2.43. The second-order valence-corrected chi connectivity index (χ2v) is 4.14. The number of ether oxygens (including phenoxy) is 1. The van der Waals surface area contributed by atoms with Crippen LogP contribution in [-0.4, -0.2) is 49.7 Å². The van der Waals surface area contributed by atoms with E-state index < -0.39 is 0 Å². The van der Waals surface area contributed by atoms with Crippen molar-refractivity contribution in [3.63, 3.8) is 0 Å². The Morgan fingerprint density at radius 1 is 1.50 bits per heavy atom. The molecule has 2 unspecified atom stereocenters. The summed E-state index contributed by atoms with van der Waals surface area (Å²) >= 11 is 0. The third-order valence-electron chi connectivity index (χ3n) is 3.30. The summed E-state index contributed by atoms with van der Waals surface area (Å²) in [6.45, 7) is 1.97. The summed E-state index contributed by atoms with van der Waals surface area (Å²) in [4.78, 5) is 13.4. The Kier molecular flexibility index (Phi) is 3.03. The van der Waals surface area contributed by atoms with Gasteiger partial charge < -0.3 is 10.1 Å². The maximum atomic E-state index is 11.1. The van der Waals surface area contributed by atoms with Gasteiger partial charge in [-0.2, -0.15) is 0 Å². The molecule has 2 aliphatic rings. The van der Waals surface area contributed by atoms with Gasteiger partial charge in [-0.05, 0) is 26.3 Å². The van der Waals surface area contributed by atoms with Crippen LogP contribution in [0.4, 0.5) is 0 Å². The molecular weight excluding hydrogens is 180 g/mol. The molecular formula is C10H18N2O2. The molecule has 1 aliphatic carbocycles. The van der Waals surface area contributed by atoms with Gasteiger partial charge in [-0.3, -0.25) is 9.69 Å². The molecule has 0 amide bonds. The fourth-order valence-electron chi connectivity index (χ4n) is 2.43. The van der Waals surface area contributed by atoms with Gasteiger partial charge in [0.1, 0.15) is 6.61 Å². The molecule has 1 N–H and O–H groups in total. The number of carbonyl (C=O) groups is 1. The predicted molar refractivity (Wildman–Crippen MR) is 53.0 cm³/mol. The quantitative estimate of drug-likeness (QED) is 0.633. The summed E-state index contributed by atoms with van der Waals surface area (Å²) in [6, 6.07) is 1.22. The first-order chi connectivity index (χ1) is 6.79. The smallest absolute Gasteiger partial charge is 0.320 e.